The molecule has 0 atom stereocenters. The van der Waals surface area contributed by atoms with Crippen LogP contribution in [0.2, 0.25) is 0 Å². The third-order valence-corrected chi connectivity index (χ3v) is 1.25. The number of nitrogen functional groups attached to an aromatic ring is 1. The fourth-order valence-corrected chi connectivity index (χ4v) is 0.720. The maximum Gasteiger partial charge on any atom is 0.215 e. The number of aromatic nitrogens is 1. The van der Waals surface area contributed by atoms with Crippen molar-refractivity contribution in [2.24, 2.45) is 0 Å². The van der Waals surface area contributed by atoms with Crippen LogP contribution in [0.5, 0.6) is 5.88 Å². The summed E-state index contributed by atoms with van der Waals surface area (Å²) in [6.45, 7) is -5.11. The molecule has 0 amide bonds. The van der Waals surface area contributed by atoms with E-state index in [0.29, 0.717) is 5.69 Å². The molecule has 0 bridgehead atoms. The third kappa shape index (κ3) is 1.48. The molecule has 0 saturated carbocycles. The molecule has 0 radical (unpaired) electrons. The van der Waals surface area contributed by atoms with Gasteiger partial charge in [0.05, 0.1) is 20.0 Å². The minimum Gasteiger partial charge on any atom is -0.469 e. The first-order valence-electron chi connectivity index (χ1n) is 5.79. The molecule has 1 aromatic heterocycles. The van der Waals surface area contributed by atoms with Crippen LogP contribution in [0, 0.1) is 0 Å². The second kappa shape index (κ2) is 2.98. The summed E-state index contributed by atoms with van der Waals surface area (Å²) in [5.41, 5.74) is 5.79. The average Bonchev–Trinajstić information content (AvgIpc) is 2.15. The van der Waals surface area contributed by atoms with Gasteiger partial charge in [-0.25, -0.2) is 4.98 Å². The van der Waals surface area contributed by atoms with E-state index in [9.17, 15) is 0 Å². The molecule has 4 heteroatoms. The molecule has 1 fully saturated rings. The molecule has 12 heavy (non-hydrogen) atoms. The van der Waals surface area contributed by atoms with Crippen LogP contribution >= 0.6 is 0 Å². The molecule has 1 aliphatic heterocycles. The van der Waals surface area contributed by atoms with E-state index in [0.717, 1.165) is 0 Å². The average molecular weight is 171 g/mol. The topological polar surface area (TPSA) is 57.4 Å². The molecule has 2 rings (SSSR count). The Kier molecular flexibility index (Phi) is 0.899. The molecule has 64 valence electrons. The van der Waals surface area contributed by atoms with Crippen molar-refractivity contribution in [2.75, 3.05) is 18.9 Å². The Morgan fingerprint density at radius 1 is 1.83 bits per heavy atom. The normalized spacial score (nSPS) is 34.2. The first-order valence-corrected chi connectivity index (χ1v) is 3.29. The van der Waals surface area contributed by atoms with E-state index >= 15 is 0 Å². The van der Waals surface area contributed by atoms with Gasteiger partial charge in [-0.05, 0) is 6.07 Å². The van der Waals surface area contributed by atoms with Crippen molar-refractivity contribution in [1.29, 1.82) is 0 Å². The summed E-state index contributed by atoms with van der Waals surface area (Å²) >= 11 is 0. The number of rotatable bonds is 2. The summed E-state index contributed by atoms with van der Waals surface area (Å²) in [6.07, 6.45) is -1.19. The summed E-state index contributed by atoms with van der Waals surface area (Å²) in [5, 5.41) is 0. The fourth-order valence-electron chi connectivity index (χ4n) is 0.720. The predicted molar refractivity (Wildman–Crippen MR) is 43.9 cm³/mol. The number of anilines is 1. The summed E-state index contributed by atoms with van der Waals surface area (Å²) in [4.78, 5) is 3.73. The summed E-state index contributed by atoms with van der Waals surface area (Å²) in [6, 6.07) is 2.77. The van der Waals surface area contributed by atoms with Gasteiger partial charge in [0, 0.05) is 18.0 Å². The van der Waals surface area contributed by atoms with Crippen molar-refractivity contribution in [3.63, 3.8) is 0 Å². The lowest BCUT2D eigenvalue weighted by molar-refractivity contribution is -0.0813. The lowest BCUT2D eigenvalue weighted by Crippen LogP contribution is -2.38. The van der Waals surface area contributed by atoms with Gasteiger partial charge in [0.25, 0.3) is 0 Å². The van der Waals surface area contributed by atoms with Gasteiger partial charge in [-0.1, -0.05) is 0 Å². The predicted octanol–water partition coefficient (Wildman–Crippen LogP) is 0.441. The highest BCUT2D eigenvalue weighted by molar-refractivity contribution is 5.39. The van der Waals surface area contributed by atoms with Crippen molar-refractivity contribution in [3.8, 4) is 5.88 Å². The first-order chi connectivity index (χ1) is 7.68. The molecular formula is C8H10N2O2. The van der Waals surface area contributed by atoms with Gasteiger partial charge in [0.2, 0.25) is 5.88 Å². The molecule has 0 unspecified atom stereocenters. The molecule has 0 spiro atoms. The molecule has 4 nitrogen and oxygen atoms in total. The largest absolute Gasteiger partial charge is 0.469 e. The third-order valence-electron chi connectivity index (χ3n) is 1.25. The maximum atomic E-state index is 7.70. The second-order valence-electron chi connectivity index (χ2n) is 2.16. The maximum absolute atomic E-state index is 7.70. The quantitative estimate of drug-likeness (QED) is 0.701. The molecule has 2 heterocycles. The molecular weight excluding hydrogens is 156 g/mol. The first kappa shape index (κ1) is 3.62. The van der Waals surface area contributed by atoms with Gasteiger partial charge in [-0.2, -0.15) is 0 Å². The van der Waals surface area contributed by atoms with Crippen LogP contribution in [-0.2, 0) is 4.74 Å². The minimum absolute atomic E-state index is 0.129. The van der Waals surface area contributed by atoms with E-state index in [1.54, 1.807) is 0 Å². The van der Waals surface area contributed by atoms with Crippen molar-refractivity contribution in [1.82, 2.24) is 4.98 Å². The molecule has 1 saturated heterocycles. The van der Waals surface area contributed by atoms with Crippen molar-refractivity contribution >= 4 is 5.69 Å². The van der Waals surface area contributed by atoms with Gasteiger partial charge in [0.15, 0.2) is 0 Å². The van der Waals surface area contributed by atoms with Crippen LogP contribution in [-0.4, -0.2) is 24.2 Å². The zero-order chi connectivity index (χ0) is 12.9. The number of hydrogen-bond acceptors (Lipinski definition) is 4. The minimum atomic E-state index is -2.55. The van der Waals surface area contributed by atoms with Gasteiger partial charge in [-0.15, -0.1) is 0 Å². The molecule has 2 N–H and O–H groups in total. The number of pyridine rings is 1. The number of ether oxygens (including phenoxy) is 2. The summed E-state index contributed by atoms with van der Waals surface area (Å²) in [5.74, 6) is -0.129. The number of nitrogens with zero attached hydrogens (tertiary/aromatic N) is 1. The molecule has 1 aromatic rings. The van der Waals surface area contributed by atoms with Crippen LogP contribution in [0.1, 0.15) is 6.85 Å². The van der Waals surface area contributed by atoms with Gasteiger partial charge >= 0.3 is 0 Å². The summed E-state index contributed by atoms with van der Waals surface area (Å²) in [7, 11) is 0. The SMILES string of the molecule is [2H]C1([2H])OC([2H])([2H])C1([2H])Oc1cc(N)ccn1. The second-order valence-corrected chi connectivity index (χ2v) is 2.16. The zero-order valence-corrected chi connectivity index (χ0v) is 6.07. The molecule has 1 aliphatic rings. The Labute approximate surface area is 77.3 Å². The van der Waals surface area contributed by atoms with Gasteiger partial charge < -0.3 is 15.2 Å². The van der Waals surface area contributed by atoms with Crippen LogP contribution in [0.25, 0.3) is 0 Å². The van der Waals surface area contributed by atoms with Gasteiger partial charge in [-0.3, -0.25) is 0 Å². The molecule has 0 aromatic carbocycles. The van der Waals surface area contributed by atoms with E-state index in [4.69, 9.17) is 17.3 Å². The number of hydrogen-bond donors (Lipinski definition) is 1. The van der Waals surface area contributed by atoms with Crippen molar-refractivity contribution in [2.45, 2.75) is 6.08 Å². The Balaban J connectivity index is 2.28. The standard InChI is InChI=1S/C8H10N2O2/c9-6-1-2-10-8(3-6)12-7-4-11-5-7/h1-3,7H,4-5H2,(H2,9,10)/i4D2,5D2,7D. The monoisotopic (exact) mass is 171 g/mol. The van der Waals surface area contributed by atoms with Crippen molar-refractivity contribution < 1.29 is 16.3 Å². The van der Waals surface area contributed by atoms with Crippen LogP contribution in [0.4, 0.5) is 5.69 Å². The van der Waals surface area contributed by atoms with E-state index in [1.165, 1.54) is 18.3 Å². The van der Waals surface area contributed by atoms with Crippen LogP contribution < -0.4 is 10.5 Å². The van der Waals surface area contributed by atoms with Crippen LogP contribution in [0.3, 0.4) is 0 Å². The highest BCUT2D eigenvalue weighted by Crippen LogP contribution is 2.15. The Morgan fingerprint density at radius 2 is 2.67 bits per heavy atom. The lowest BCUT2D eigenvalue weighted by Gasteiger charge is -2.25. The van der Waals surface area contributed by atoms with E-state index in [2.05, 4.69) is 9.72 Å². The van der Waals surface area contributed by atoms with E-state index < -0.39 is 19.2 Å². The number of nitrogens with two attached hydrogens (primary N) is 1. The van der Waals surface area contributed by atoms with Crippen LogP contribution in [0.15, 0.2) is 18.3 Å². The lowest BCUT2D eigenvalue weighted by atomic mass is 10.3. The van der Waals surface area contributed by atoms with Crippen molar-refractivity contribution in [3.05, 3.63) is 18.3 Å². The smallest absolute Gasteiger partial charge is 0.215 e. The Morgan fingerprint density at radius 3 is 3.33 bits per heavy atom. The summed E-state index contributed by atoms with van der Waals surface area (Å²) < 4.78 is 46.2. The molecule has 0 aliphatic carbocycles. The Hall–Kier alpha value is -1.29. The van der Waals surface area contributed by atoms with E-state index in [1.807, 2.05) is 0 Å². The Bertz CT molecular complexity index is 439. The fraction of sp³-hybridized carbons (Fsp3) is 0.375. The van der Waals surface area contributed by atoms with Gasteiger partial charge in [0.1, 0.15) is 6.08 Å². The highest BCUT2D eigenvalue weighted by Gasteiger charge is 2.20. The highest BCUT2D eigenvalue weighted by atomic mass is 16.6. The zero-order valence-electron chi connectivity index (χ0n) is 11.1. The van der Waals surface area contributed by atoms with E-state index in [-0.39, 0.29) is 5.88 Å².